The Morgan fingerprint density at radius 2 is 1.94 bits per heavy atom. The zero-order valence-electron chi connectivity index (χ0n) is 12.0. The molecule has 0 radical (unpaired) electrons. The molecule has 0 atom stereocenters. The molecule has 3 heteroatoms. The van der Waals surface area contributed by atoms with Crippen molar-refractivity contribution in [3.63, 3.8) is 0 Å². The van der Waals surface area contributed by atoms with E-state index in [1.54, 1.807) is 0 Å². The average molecular weight is 247 g/mol. The van der Waals surface area contributed by atoms with E-state index < -0.39 is 0 Å². The molecule has 100 valence electrons. The molecule has 0 spiro atoms. The molecule has 0 heterocycles. The fraction of sp³-hybridized carbons (Fsp3) is 0.533. The Labute approximate surface area is 111 Å². The first-order chi connectivity index (χ1) is 8.33. The molecule has 0 aliphatic heterocycles. The van der Waals surface area contributed by atoms with Crippen LogP contribution in [-0.2, 0) is 6.54 Å². The van der Waals surface area contributed by atoms with Gasteiger partial charge in [0, 0.05) is 12.0 Å². The van der Waals surface area contributed by atoms with Crippen molar-refractivity contribution in [2.75, 3.05) is 13.6 Å². The zero-order chi connectivity index (χ0) is 13.8. The molecule has 0 aliphatic carbocycles. The second-order valence-electron chi connectivity index (χ2n) is 5.71. The van der Waals surface area contributed by atoms with Crippen molar-refractivity contribution >= 4 is 5.84 Å². The summed E-state index contributed by atoms with van der Waals surface area (Å²) in [6.45, 7) is 8.08. The number of hydrogen-bond acceptors (Lipinski definition) is 2. The summed E-state index contributed by atoms with van der Waals surface area (Å²) >= 11 is 0. The van der Waals surface area contributed by atoms with Crippen LogP contribution in [0.25, 0.3) is 0 Å². The van der Waals surface area contributed by atoms with E-state index in [0.717, 1.165) is 19.5 Å². The molecule has 0 fully saturated rings. The fourth-order valence-electron chi connectivity index (χ4n) is 1.76. The summed E-state index contributed by atoms with van der Waals surface area (Å²) in [4.78, 5) is 2.28. The van der Waals surface area contributed by atoms with E-state index in [9.17, 15) is 0 Å². The Morgan fingerprint density at radius 3 is 2.50 bits per heavy atom. The molecule has 3 N–H and O–H groups in total. The quantitative estimate of drug-likeness (QED) is 0.600. The highest BCUT2D eigenvalue weighted by atomic mass is 15.1. The minimum absolute atomic E-state index is 0.208. The maximum atomic E-state index is 7.56. The third-order valence-corrected chi connectivity index (χ3v) is 3.55. The van der Waals surface area contributed by atoms with E-state index >= 15 is 0 Å². The molecule has 0 unspecified atom stereocenters. The van der Waals surface area contributed by atoms with Crippen molar-refractivity contribution in [1.29, 1.82) is 5.41 Å². The highest BCUT2D eigenvalue weighted by Gasteiger charge is 2.21. The van der Waals surface area contributed by atoms with Gasteiger partial charge >= 0.3 is 0 Å². The Morgan fingerprint density at radius 1 is 1.33 bits per heavy atom. The lowest BCUT2D eigenvalue weighted by molar-refractivity contribution is 0.284. The summed E-state index contributed by atoms with van der Waals surface area (Å²) < 4.78 is 0. The monoisotopic (exact) mass is 247 g/mol. The van der Waals surface area contributed by atoms with Crippen LogP contribution in [0, 0.1) is 17.7 Å². The first-order valence-corrected chi connectivity index (χ1v) is 6.40. The fourth-order valence-corrected chi connectivity index (χ4v) is 1.76. The highest BCUT2D eigenvalue weighted by molar-refractivity contribution is 5.82. The van der Waals surface area contributed by atoms with Gasteiger partial charge in [-0.2, -0.15) is 0 Å². The van der Waals surface area contributed by atoms with Crippen molar-refractivity contribution in [1.82, 2.24) is 4.90 Å². The standard InChI is InChI=1S/C15H25N3/c1-12-7-5-6-8-13(12)11-18(4)10-9-15(2,3)14(16)17/h5-8H,9-11H2,1-4H3,(H3,16,17). The number of amidine groups is 1. The summed E-state index contributed by atoms with van der Waals surface area (Å²) in [5.74, 6) is 0.270. The van der Waals surface area contributed by atoms with Gasteiger partial charge in [-0.15, -0.1) is 0 Å². The lowest BCUT2D eigenvalue weighted by atomic mass is 9.88. The summed E-state index contributed by atoms with van der Waals surface area (Å²) in [7, 11) is 2.11. The average Bonchev–Trinajstić information content (AvgIpc) is 2.29. The normalized spacial score (nSPS) is 11.8. The number of benzene rings is 1. The Balaban J connectivity index is 2.50. The Hall–Kier alpha value is -1.35. The van der Waals surface area contributed by atoms with Gasteiger partial charge in [-0.05, 0) is 38.1 Å². The van der Waals surface area contributed by atoms with Gasteiger partial charge in [0.2, 0.25) is 0 Å². The van der Waals surface area contributed by atoms with E-state index in [-0.39, 0.29) is 11.3 Å². The molecular formula is C15H25N3. The van der Waals surface area contributed by atoms with Gasteiger partial charge < -0.3 is 10.6 Å². The van der Waals surface area contributed by atoms with E-state index in [4.69, 9.17) is 11.1 Å². The molecule has 3 nitrogen and oxygen atoms in total. The maximum Gasteiger partial charge on any atom is 0.0963 e. The number of nitrogens with zero attached hydrogens (tertiary/aromatic N) is 1. The molecule has 0 saturated carbocycles. The first kappa shape index (κ1) is 14.7. The van der Waals surface area contributed by atoms with E-state index in [1.165, 1.54) is 11.1 Å². The summed E-state index contributed by atoms with van der Waals surface area (Å²) in [6.07, 6.45) is 0.907. The SMILES string of the molecule is Cc1ccccc1CN(C)CCC(C)(C)C(=N)N. The maximum absolute atomic E-state index is 7.56. The van der Waals surface area contributed by atoms with Gasteiger partial charge in [0.25, 0.3) is 0 Å². The lowest BCUT2D eigenvalue weighted by Gasteiger charge is -2.26. The number of nitrogens with two attached hydrogens (primary N) is 1. The second kappa shape index (κ2) is 6.01. The second-order valence-corrected chi connectivity index (χ2v) is 5.71. The van der Waals surface area contributed by atoms with Crippen LogP contribution in [0.5, 0.6) is 0 Å². The summed E-state index contributed by atoms with van der Waals surface area (Å²) in [6, 6.07) is 8.46. The number of hydrogen-bond donors (Lipinski definition) is 2. The Bertz CT molecular complexity index is 410. The van der Waals surface area contributed by atoms with Crippen LogP contribution >= 0.6 is 0 Å². The highest BCUT2D eigenvalue weighted by Crippen LogP contribution is 2.20. The van der Waals surface area contributed by atoms with Gasteiger partial charge in [-0.25, -0.2) is 0 Å². The molecule has 1 aromatic carbocycles. The van der Waals surface area contributed by atoms with E-state index in [1.807, 2.05) is 13.8 Å². The predicted octanol–water partition coefficient (Wildman–Crippen LogP) is 2.78. The van der Waals surface area contributed by atoms with Crippen molar-refractivity contribution in [2.45, 2.75) is 33.7 Å². The minimum atomic E-state index is -0.208. The molecule has 0 amide bonds. The molecular weight excluding hydrogens is 222 g/mol. The number of aryl methyl sites for hydroxylation is 1. The van der Waals surface area contributed by atoms with Crippen LogP contribution in [0.1, 0.15) is 31.4 Å². The van der Waals surface area contributed by atoms with E-state index in [0.29, 0.717) is 0 Å². The summed E-state index contributed by atoms with van der Waals surface area (Å²) in [5.41, 5.74) is 8.08. The zero-order valence-corrected chi connectivity index (χ0v) is 12.0. The number of rotatable bonds is 6. The lowest BCUT2D eigenvalue weighted by Crippen LogP contribution is -2.34. The van der Waals surface area contributed by atoms with Crippen molar-refractivity contribution in [3.8, 4) is 0 Å². The van der Waals surface area contributed by atoms with Gasteiger partial charge in [0.1, 0.15) is 0 Å². The Kier molecular flexibility index (Phi) is 4.91. The summed E-state index contributed by atoms with van der Waals surface area (Å²) in [5, 5.41) is 7.56. The van der Waals surface area contributed by atoms with Crippen LogP contribution in [0.3, 0.4) is 0 Å². The third kappa shape index (κ3) is 4.15. The van der Waals surface area contributed by atoms with Crippen molar-refractivity contribution in [2.24, 2.45) is 11.1 Å². The molecule has 0 aromatic heterocycles. The molecule has 18 heavy (non-hydrogen) atoms. The van der Waals surface area contributed by atoms with Crippen LogP contribution in [-0.4, -0.2) is 24.3 Å². The third-order valence-electron chi connectivity index (χ3n) is 3.55. The first-order valence-electron chi connectivity index (χ1n) is 6.40. The molecule has 0 aliphatic rings. The van der Waals surface area contributed by atoms with Crippen LogP contribution in [0.15, 0.2) is 24.3 Å². The van der Waals surface area contributed by atoms with Gasteiger partial charge in [0.05, 0.1) is 5.84 Å². The smallest absolute Gasteiger partial charge is 0.0963 e. The van der Waals surface area contributed by atoms with Crippen LogP contribution in [0.2, 0.25) is 0 Å². The molecule has 1 aromatic rings. The number of nitrogens with one attached hydrogen (secondary N) is 1. The predicted molar refractivity (Wildman–Crippen MR) is 77.8 cm³/mol. The van der Waals surface area contributed by atoms with E-state index in [2.05, 4.69) is 43.1 Å². The van der Waals surface area contributed by atoms with Crippen LogP contribution in [0.4, 0.5) is 0 Å². The topological polar surface area (TPSA) is 53.1 Å². The van der Waals surface area contributed by atoms with Crippen molar-refractivity contribution < 1.29 is 0 Å². The largest absolute Gasteiger partial charge is 0.387 e. The van der Waals surface area contributed by atoms with Gasteiger partial charge in [-0.1, -0.05) is 38.1 Å². The minimum Gasteiger partial charge on any atom is -0.387 e. The molecule has 0 bridgehead atoms. The van der Waals surface area contributed by atoms with Gasteiger partial charge in [0.15, 0.2) is 0 Å². The van der Waals surface area contributed by atoms with Crippen LogP contribution < -0.4 is 5.73 Å². The van der Waals surface area contributed by atoms with Gasteiger partial charge in [-0.3, -0.25) is 5.41 Å². The van der Waals surface area contributed by atoms with Crippen molar-refractivity contribution in [3.05, 3.63) is 35.4 Å². The molecule has 1 rings (SSSR count). The molecule has 0 saturated heterocycles.